The molecule has 1 saturated heterocycles. The maximum Gasteiger partial charge on any atom is 0.0453 e. The van der Waals surface area contributed by atoms with Crippen LogP contribution in [0.2, 0.25) is 0 Å². The SMILES string of the molecule is CC1(NBr)CN(Cc2ccccc2)CC12CC2. The second kappa shape index (κ2) is 4.08. The summed E-state index contributed by atoms with van der Waals surface area (Å²) in [6.07, 6.45) is 2.74. The third-order valence-electron chi connectivity index (χ3n) is 4.55. The lowest BCUT2D eigenvalue weighted by molar-refractivity contribution is 0.305. The average molecular weight is 295 g/mol. The molecule has 1 heterocycles. The van der Waals surface area contributed by atoms with Crippen LogP contribution in [0.4, 0.5) is 0 Å². The zero-order valence-corrected chi connectivity index (χ0v) is 11.8. The van der Waals surface area contributed by atoms with E-state index >= 15 is 0 Å². The van der Waals surface area contributed by atoms with Crippen LogP contribution in [0.1, 0.15) is 25.3 Å². The summed E-state index contributed by atoms with van der Waals surface area (Å²) < 4.78 is 3.38. The van der Waals surface area contributed by atoms with Crippen molar-refractivity contribution in [2.24, 2.45) is 5.41 Å². The number of hydrogen-bond donors (Lipinski definition) is 1. The van der Waals surface area contributed by atoms with Gasteiger partial charge in [0.2, 0.25) is 0 Å². The summed E-state index contributed by atoms with van der Waals surface area (Å²) in [5, 5.41) is 0. The highest BCUT2D eigenvalue weighted by atomic mass is 79.9. The molecule has 1 atom stereocenters. The van der Waals surface area contributed by atoms with E-state index < -0.39 is 0 Å². The molecule has 1 saturated carbocycles. The van der Waals surface area contributed by atoms with E-state index in [1.807, 2.05) is 0 Å². The molecule has 0 aromatic heterocycles. The van der Waals surface area contributed by atoms with Crippen molar-refractivity contribution in [1.82, 2.24) is 9.24 Å². The standard InChI is InChI=1S/C14H19BrN2/c1-13(16-15)10-17(11-14(13)7-8-14)9-12-5-3-2-4-6-12/h2-6,16H,7-11H2,1H3. The third-order valence-corrected chi connectivity index (χ3v) is 5.42. The van der Waals surface area contributed by atoms with Gasteiger partial charge in [-0.05, 0) is 25.3 Å². The van der Waals surface area contributed by atoms with Crippen molar-refractivity contribution in [3.8, 4) is 0 Å². The Labute approximate surface area is 112 Å². The highest BCUT2D eigenvalue weighted by Gasteiger charge is 2.61. The van der Waals surface area contributed by atoms with E-state index in [1.165, 1.54) is 24.9 Å². The molecular weight excluding hydrogens is 276 g/mol. The molecule has 2 nitrogen and oxygen atoms in total. The zero-order chi connectivity index (χ0) is 11.9. The topological polar surface area (TPSA) is 15.3 Å². The number of hydrogen-bond acceptors (Lipinski definition) is 2. The Balaban J connectivity index is 1.72. The minimum absolute atomic E-state index is 0.238. The van der Waals surface area contributed by atoms with Crippen molar-refractivity contribution in [3.63, 3.8) is 0 Å². The summed E-state index contributed by atoms with van der Waals surface area (Å²) in [5.41, 5.74) is 2.18. The van der Waals surface area contributed by atoms with Crippen LogP contribution < -0.4 is 4.34 Å². The minimum atomic E-state index is 0.238. The molecule has 0 bridgehead atoms. The summed E-state index contributed by atoms with van der Waals surface area (Å²) in [7, 11) is 0. The first-order valence-electron chi connectivity index (χ1n) is 6.32. The van der Waals surface area contributed by atoms with E-state index in [0.717, 1.165) is 13.1 Å². The molecule has 1 N–H and O–H groups in total. The van der Waals surface area contributed by atoms with Gasteiger partial charge in [-0.25, -0.2) is 4.34 Å². The number of nitrogens with zero attached hydrogens (tertiary/aromatic N) is 1. The first kappa shape index (κ1) is 11.7. The van der Waals surface area contributed by atoms with Crippen LogP contribution in [-0.2, 0) is 6.54 Å². The van der Waals surface area contributed by atoms with Gasteiger partial charge < -0.3 is 0 Å². The van der Waals surface area contributed by atoms with Gasteiger partial charge in [0, 0.05) is 46.7 Å². The first-order valence-corrected chi connectivity index (χ1v) is 7.11. The van der Waals surface area contributed by atoms with Crippen molar-refractivity contribution in [2.75, 3.05) is 13.1 Å². The molecular formula is C14H19BrN2. The van der Waals surface area contributed by atoms with Crippen LogP contribution in [0.3, 0.4) is 0 Å². The largest absolute Gasteiger partial charge is 0.297 e. The number of halogens is 1. The predicted octanol–water partition coefficient (Wildman–Crippen LogP) is 2.94. The van der Waals surface area contributed by atoms with Crippen LogP contribution in [0.15, 0.2) is 30.3 Å². The molecule has 0 amide bonds. The Kier molecular flexibility index (Phi) is 2.80. The summed E-state index contributed by atoms with van der Waals surface area (Å²) in [6.45, 7) is 5.79. The Bertz CT molecular complexity index is 402. The maximum atomic E-state index is 3.48. The molecule has 17 heavy (non-hydrogen) atoms. The quantitative estimate of drug-likeness (QED) is 0.863. The van der Waals surface area contributed by atoms with E-state index in [0.29, 0.717) is 5.41 Å². The first-order chi connectivity index (χ1) is 8.17. The van der Waals surface area contributed by atoms with Crippen LogP contribution in [0.5, 0.6) is 0 Å². The smallest absolute Gasteiger partial charge is 0.0453 e. The molecule has 0 radical (unpaired) electrons. The Morgan fingerprint density at radius 1 is 1.24 bits per heavy atom. The number of likely N-dealkylation sites (tertiary alicyclic amines) is 1. The fourth-order valence-electron chi connectivity index (χ4n) is 3.22. The van der Waals surface area contributed by atoms with Crippen molar-refractivity contribution in [2.45, 2.75) is 31.8 Å². The minimum Gasteiger partial charge on any atom is -0.297 e. The Morgan fingerprint density at radius 2 is 1.94 bits per heavy atom. The molecule has 1 aliphatic carbocycles. The van der Waals surface area contributed by atoms with Gasteiger partial charge in [-0.2, -0.15) is 0 Å². The molecule has 1 aromatic rings. The van der Waals surface area contributed by atoms with E-state index in [4.69, 9.17) is 0 Å². The van der Waals surface area contributed by atoms with E-state index in [2.05, 4.69) is 62.6 Å². The Hall–Kier alpha value is -0.380. The molecule has 1 unspecified atom stereocenters. The van der Waals surface area contributed by atoms with Gasteiger partial charge in [-0.3, -0.25) is 4.90 Å². The molecule has 3 rings (SSSR count). The van der Waals surface area contributed by atoms with Crippen molar-refractivity contribution in [3.05, 3.63) is 35.9 Å². The maximum absolute atomic E-state index is 3.48. The average Bonchev–Trinajstić information content (AvgIpc) is 3.05. The summed E-state index contributed by atoms with van der Waals surface area (Å²) in [4.78, 5) is 2.58. The van der Waals surface area contributed by atoms with Gasteiger partial charge >= 0.3 is 0 Å². The molecule has 92 valence electrons. The fraction of sp³-hybridized carbons (Fsp3) is 0.571. The normalized spacial score (nSPS) is 30.9. The predicted molar refractivity (Wildman–Crippen MR) is 73.9 cm³/mol. The lowest BCUT2D eigenvalue weighted by Crippen LogP contribution is -2.45. The van der Waals surface area contributed by atoms with Crippen molar-refractivity contribution in [1.29, 1.82) is 0 Å². The number of benzene rings is 1. The van der Waals surface area contributed by atoms with Gasteiger partial charge in [0.15, 0.2) is 0 Å². The molecule has 1 aliphatic heterocycles. The highest BCUT2D eigenvalue weighted by molar-refractivity contribution is 9.08. The monoisotopic (exact) mass is 294 g/mol. The van der Waals surface area contributed by atoms with E-state index in [9.17, 15) is 0 Å². The van der Waals surface area contributed by atoms with Crippen LogP contribution in [0, 0.1) is 5.41 Å². The Morgan fingerprint density at radius 3 is 2.47 bits per heavy atom. The number of nitrogens with one attached hydrogen (secondary N) is 1. The summed E-state index contributed by atoms with van der Waals surface area (Å²) in [6, 6.07) is 10.8. The second-order valence-electron chi connectivity index (χ2n) is 5.84. The second-order valence-corrected chi connectivity index (χ2v) is 6.23. The van der Waals surface area contributed by atoms with Crippen LogP contribution in [0.25, 0.3) is 0 Å². The zero-order valence-electron chi connectivity index (χ0n) is 10.2. The highest BCUT2D eigenvalue weighted by Crippen LogP contribution is 2.58. The molecule has 2 aliphatic rings. The lowest BCUT2D eigenvalue weighted by Gasteiger charge is -2.28. The van der Waals surface area contributed by atoms with Crippen LogP contribution >= 0.6 is 16.1 Å². The summed E-state index contributed by atoms with van der Waals surface area (Å²) in [5.74, 6) is 0. The van der Waals surface area contributed by atoms with Crippen molar-refractivity contribution >= 4 is 16.1 Å². The van der Waals surface area contributed by atoms with Gasteiger partial charge in [0.25, 0.3) is 0 Å². The van der Waals surface area contributed by atoms with Crippen molar-refractivity contribution < 1.29 is 0 Å². The molecule has 3 heteroatoms. The van der Waals surface area contributed by atoms with Gasteiger partial charge in [-0.15, -0.1) is 0 Å². The van der Waals surface area contributed by atoms with Gasteiger partial charge in [0.05, 0.1) is 0 Å². The third kappa shape index (κ3) is 1.94. The van der Waals surface area contributed by atoms with E-state index in [1.54, 1.807) is 0 Å². The number of rotatable bonds is 3. The fourth-order valence-corrected chi connectivity index (χ4v) is 3.76. The molecule has 1 spiro atoms. The molecule has 2 fully saturated rings. The molecule has 1 aromatic carbocycles. The lowest BCUT2D eigenvalue weighted by atomic mass is 9.87. The van der Waals surface area contributed by atoms with E-state index in [-0.39, 0.29) is 5.54 Å². The van der Waals surface area contributed by atoms with Gasteiger partial charge in [0.1, 0.15) is 0 Å². The van der Waals surface area contributed by atoms with Gasteiger partial charge in [-0.1, -0.05) is 30.3 Å². The van der Waals surface area contributed by atoms with Crippen LogP contribution in [-0.4, -0.2) is 23.5 Å². The summed E-state index contributed by atoms with van der Waals surface area (Å²) >= 11 is 3.48.